The SMILES string of the molecule is Cc1ccn(Cc2ccc([N+](=O)[O-])cc2Br)c(=O)c1. The molecule has 0 N–H and O–H groups in total. The number of hydrogen-bond acceptors (Lipinski definition) is 3. The molecule has 0 aliphatic heterocycles. The van der Waals surface area contributed by atoms with Crippen molar-refractivity contribution in [2.24, 2.45) is 0 Å². The number of nitrogens with zero attached hydrogens (tertiary/aromatic N) is 2. The summed E-state index contributed by atoms with van der Waals surface area (Å²) >= 11 is 3.29. The first-order valence-corrected chi connectivity index (χ1v) is 6.36. The van der Waals surface area contributed by atoms with E-state index in [1.165, 1.54) is 12.1 Å². The summed E-state index contributed by atoms with van der Waals surface area (Å²) in [5, 5.41) is 10.6. The molecule has 2 aromatic rings. The number of non-ortho nitro benzene ring substituents is 1. The van der Waals surface area contributed by atoms with Crippen LogP contribution in [-0.2, 0) is 6.54 Å². The van der Waals surface area contributed by atoms with Crippen LogP contribution in [0.2, 0.25) is 0 Å². The monoisotopic (exact) mass is 322 g/mol. The standard InChI is InChI=1S/C13H11BrN2O3/c1-9-4-5-15(13(17)6-9)8-10-2-3-11(16(18)19)7-12(10)14/h2-7H,8H2,1H3. The number of pyridine rings is 1. The van der Waals surface area contributed by atoms with Crippen molar-refractivity contribution in [1.29, 1.82) is 0 Å². The molecule has 0 bridgehead atoms. The minimum absolute atomic E-state index is 0.0203. The number of benzene rings is 1. The van der Waals surface area contributed by atoms with Crippen molar-refractivity contribution in [2.75, 3.05) is 0 Å². The Morgan fingerprint density at radius 1 is 1.32 bits per heavy atom. The van der Waals surface area contributed by atoms with Crippen molar-refractivity contribution in [3.05, 3.63) is 72.6 Å². The summed E-state index contributed by atoms with van der Waals surface area (Å²) in [5.74, 6) is 0. The summed E-state index contributed by atoms with van der Waals surface area (Å²) < 4.78 is 2.17. The van der Waals surface area contributed by atoms with E-state index in [1.807, 2.05) is 13.0 Å². The molecular formula is C13H11BrN2O3. The van der Waals surface area contributed by atoms with E-state index in [9.17, 15) is 14.9 Å². The molecule has 0 aliphatic rings. The molecule has 0 saturated carbocycles. The first-order chi connectivity index (χ1) is 8.97. The number of halogens is 1. The Morgan fingerprint density at radius 2 is 2.05 bits per heavy atom. The lowest BCUT2D eigenvalue weighted by Gasteiger charge is -2.08. The second-order valence-corrected chi connectivity index (χ2v) is 5.06. The van der Waals surface area contributed by atoms with Gasteiger partial charge in [0, 0.05) is 28.9 Å². The Kier molecular flexibility index (Phi) is 3.80. The Balaban J connectivity index is 2.33. The minimum Gasteiger partial charge on any atom is -0.311 e. The molecule has 1 aromatic carbocycles. The Hall–Kier alpha value is -1.95. The summed E-state index contributed by atoms with van der Waals surface area (Å²) in [4.78, 5) is 22.0. The number of hydrogen-bond donors (Lipinski definition) is 0. The van der Waals surface area contributed by atoms with Crippen LogP contribution in [-0.4, -0.2) is 9.49 Å². The van der Waals surface area contributed by atoms with Gasteiger partial charge in [0.1, 0.15) is 0 Å². The minimum atomic E-state index is -0.452. The number of aryl methyl sites for hydroxylation is 1. The first kappa shape index (κ1) is 13.5. The molecule has 0 radical (unpaired) electrons. The molecule has 6 heteroatoms. The zero-order chi connectivity index (χ0) is 14.0. The van der Waals surface area contributed by atoms with Crippen LogP contribution in [0, 0.1) is 17.0 Å². The van der Waals surface area contributed by atoms with Crippen molar-refractivity contribution in [3.63, 3.8) is 0 Å². The second kappa shape index (κ2) is 5.36. The van der Waals surface area contributed by atoms with Crippen LogP contribution in [0.5, 0.6) is 0 Å². The number of nitro groups is 1. The lowest BCUT2D eigenvalue weighted by Crippen LogP contribution is -2.19. The molecule has 0 saturated heterocycles. The highest BCUT2D eigenvalue weighted by atomic mass is 79.9. The summed E-state index contributed by atoms with van der Waals surface area (Å²) in [6.07, 6.45) is 1.71. The third kappa shape index (κ3) is 3.08. The molecule has 0 spiro atoms. The van der Waals surface area contributed by atoms with Crippen LogP contribution >= 0.6 is 15.9 Å². The Morgan fingerprint density at radius 3 is 2.63 bits per heavy atom. The van der Waals surface area contributed by atoms with Gasteiger partial charge in [-0.25, -0.2) is 0 Å². The number of nitro benzene ring substituents is 1. The fourth-order valence-corrected chi connectivity index (χ4v) is 2.19. The lowest BCUT2D eigenvalue weighted by molar-refractivity contribution is -0.384. The van der Waals surface area contributed by atoms with Gasteiger partial charge in [0.2, 0.25) is 0 Å². The Labute approximate surface area is 117 Å². The van der Waals surface area contributed by atoms with Crippen LogP contribution in [0.15, 0.2) is 45.8 Å². The summed E-state index contributed by atoms with van der Waals surface area (Å²) in [6.45, 7) is 2.23. The van der Waals surface area contributed by atoms with Gasteiger partial charge in [0.05, 0.1) is 11.5 Å². The maximum Gasteiger partial charge on any atom is 0.270 e. The van der Waals surface area contributed by atoms with E-state index in [2.05, 4.69) is 15.9 Å². The molecule has 0 aliphatic carbocycles. The number of rotatable bonds is 3. The molecule has 1 heterocycles. The van der Waals surface area contributed by atoms with Gasteiger partial charge >= 0.3 is 0 Å². The van der Waals surface area contributed by atoms with Crippen molar-refractivity contribution in [2.45, 2.75) is 13.5 Å². The van der Waals surface area contributed by atoms with Crippen molar-refractivity contribution in [3.8, 4) is 0 Å². The van der Waals surface area contributed by atoms with Gasteiger partial charge in [-0.05, 0) is 30.2 Å². The summed E-state index contributed by atoms with van der Waals surface area (Å²) in [7, 11) is 0. The number of aromatic nitrogens is 1. The molecule has 2 rings (SSSR count). The quantitative estimate of drug-likeness (QED) is 0.644. The van der Waals surface area contributed by atoms with Gasteiger partial charge in [-0.3, -0.25) is 14.9 Å². The molecule has 0 amide bonds. The maximum atomic E-state index is 11.8. The van der Waals surface area contributed by atoms with Gasteiger partial charge in [0.15, 0.2) is 0 Å². The van der Waals surface area contributed by atoms with E-state index >= 15 is 0 Å². The van der Waals surface area contributed by atoms with E-state index in [0.29, 0.717) is 11.0 Å². The molecule has 5 nitrogen and oxygen atoms in total. The van der Waals surface area contributed by atoms with Gasteiger partial charge < -0.3 is 4.57 Å². The third-order valence-electron chi connectivity index (χ3n) is 2.74. The van der Waals surface area contributed by atoms with Gasteiger partial charge in [-0.2, -0.15) is 0 Å². The molecule has 1 aromatic heterocycles. The predicted octanol–water partition coefficient (Wildman–Crippen LogP) is 2.88. The van der Waals surface area contributed by atoms with Gasteiger partial charge in [0.25, 0.3) is 11.2 Å². The maximum absolute atomic E-state index is 11.8. The van der Waals surface area contributed by atoms with Crippen molar-refractivity contribution >= 4 is 21.6 Å². The molecular weight excluding hydrogens is 312 g/mol. The normalized spacial score (nSPS) is 10.4. The van der Waals surface area contributed by atoms with Gasteiger partial charge in [-0.1, -0.05) is 15.9 Å². The first-order valence-electron chi connectivity index (χ1n) is 5.57. The highest BCUT2D eigenvalue weighted by Gasteiger charge is 2.09. The summed E-state index contributed by atoms with van der Waals surface area (Å²) in [5.41, 5.74) is 1.65. The topological polar surface area (TPSA) is 65.1 Å². The Bertz CT molecular complexity index is 695. The average molecular weight is 323 g/mol. The van der Waals surface area contributed by atoms with Crippen molar-refractivity contribution in [1.82, 2.24) is 4.57 Å². The van der Waals surface area contributed by atoms with E-state index in [1.54, 1.807) is 22.9 Å². The van der Waals surface area contributed by atoms with E-state index in [0.717, 1.165) is 11.1 Å². The lowest BCUT2D eigenvalue weighted by atomic mass is 10.2. The largest absolute Gasteiger partial charge is 0.311 e. The highest BCUT2D eigenvalue weighted by molar-refractivity contribution is 9.10. The smallest absolute Gasteiger partial charge is 0.270 e. The van der Waals surface area contributed by atoms with Gasteiger partial charge in [-0.15, -0.1) is 0 Å². The predicted molar refractivity (Wildman–Crippen MR) is 75.3 cm³/mol. The molecule has 98 valence electrons. The highest BCUT2D eigenvalue weighted by Crippen LogP contribution is 2.23. The second-order valence-electron chi connectivity index (χ2n) is 4.20. The van der Waals surface area contributed by atoms with Crippen molar-refractivity contribution < 1.29 is 4.92 Å². The van der Waals surface area contributed by atoms with E-state index in [-0.39, 0.29) is 11.2 Å². The zero-order valence-corrected chi connectivity index (χ0v) is 11.8. The zero-order valence-electron chi connectivity index (χ0n) is 10.2. The molecule has 19 heavy (non-hydrogen) atoms. The van der Waals surface area contributed by atoms with E-state index < -0.39 is 4.92 Å². The van der Waals surface area contributed by atoms with Crippen LogP contribution < -0.4 is 5.56 Å². The fourth-order valence-electron chi connectivity index (χ4n) is 1.70. The van der Waals surface area contributed by atoms with Crippen LogP contribution in [0.4, 0.5) is 5.69 Å². The molecule has 0 fully saturated rings. The molecule has 0 unspecified atom stereocenters. The van der Waals surface area contributed by atoms with Crippen LogP contribution in [0.3, 0.4) is 0 Å². The van der Waals surface area contributed by atoms with E-state index in [4.69, 9.17) is 0 Å². The van der Waals surface area contributed by atoms with Crippen LogP contribution in [0.1, 0.15) is 11.1 Å². The molecule has 0 atom stereocenters. The van der Waals surface area contributed by atoms with Crippen LogP contribution in [0.25, 0.3) is 0 Å². The summed E-state index contributed by atoms with van der Waals surface area (Å²) in [6, 6.07) is 7.92. The average Bonchev–Trinajstić information content (AvgIpc) is 2.34. The fraction of sp³-hybridized carbons (Fsp3) is 0.154. The third-order valence-corrected chi connectivity index (χ3v) is 3.48.